The Morgan fingerprint density at radius 1 is 1.19 bits per heavy atom. The smallest absolute Gasteiger partial charge is 0.243 e. The molecule has 0 saturated carbocycles. The van der Waals surface area contributed by atoms with Crippen LogP contribution in [-0.4, -0.2) is 46.5 Å². The molecule has 0 bridgehead atoms. The molecule has 0 atom stereocenters. The van der Waals surface area contributed by atoms with E-state index in [1.165, 1.54) is 10.4 Å². The Morgan fingerprint density at radius 3 is 2.58 bits per heavy atom. The predicted octanol–water partition coefficient (Wildman–Crippen LogP) is 3.10. The summed E-state index contributed by atoms with van der Waals surface area (Å²) in [5, 5.41) is 6.67. The summed E-state index contributed by atoms with van der Waals surface area (Å²) in [7, 11) is -3.80. The zero-order valence-corrected chi connectivity index (χ0v) is 17.9. The Hall–Kier alpha value is -2.82. The Labute approximate surface area is 183 Å². The first-order valence-electron chi connectivity index (χ1n) is 9.57. The molecular formula is C20H19ClFN5O3S. The number of piperidine rings is 1. The molecule has 1 aliphatic heterocycles. The molecule has 0 radical (unpaired) electrons. The molecule has 162 valence electrons. The topological polar surface area (TPSA) is 97.2 Å². The lowest BCUT2D eigenvalue weighted by molar-refractivity contribution is -0.120. The van der Waals surface area contributed by atoms with Crippen molar-refractivity contribution in [2.24, 2.45) is 5.92 Å². The minimum absolute atomic E-state index is 0.0647. The maximum Gasteiger partial charge on any atom is 0.243 e. The second kappa shape index (κ2) is 8.74. The zero-order valence-electron chi connectivity index (χ0n) is 16.3. The lowest BCUT2D eigenvalue weighted by Crippen LogP contribution is -2.41. The number of halogens is 2. The Kier molecular flexibility index (Phi) is 6.03. The van der Waals surface area contributed by atoms with Crippen LogP contribution in [0.25, 0.3) is 5.82 Å². The summed E-state index contributed by atoms with van der Waals surface area (Å²) in [5.41, 5.74) is 0.553. The van der Waals surface area contributed by atoms with E-state index in [0.29, 0.717) is 24.3 Å². The summed E-state index contributed by atoms with van der Waals surface area (Å²) in [6.07, 6.45) is 5.71. The Balaban J connectivity index is 1.36. The highest BCUT2D eigenvalue weighted by Gasteiger charge is 2.32. The van der Waals surface area contributed by atoms with E-state index in [1.807, 2.05) is 0 Å². The largest absolute Gasteiger partial charge is 0.324 e. The fraction of sp³-hybridized carbons (Fsp3) is 0.250. The first-order valence-corrected chi connectivity index (χ1v) is 11.4. The van der Waals surface area contributed by atoms with Crippen LogP contribution >= 0.6 is 11.6 Å². The fourth-order valence-electron chi connectivity index (χ4n) is 3.39. The molecule has 31 heavy (non-hydrogen) atoms. The van der Waals surface area contributed by atoms with Gasteiger partial charge >= 0.3 is 0 Å². The van der Waals surface area contributed by atoms with Gasteiger partial charge in [0.05, 0.1) is 21.8 Å². The summed E-state index contributed by atoms with van der Waals surface area (Å²) in [6.45, 7) is 0.373. The van der Waals surface area contributed by atoms with Crippen molar-refractivity contribution >= 4 is 33.2 Å². The lowest BCUT2D eigenvalue weighted by atomic mass is 9.97. The van der Waals surface area contributed by atoms with E-state index in [1.54, 1.807) is 41.5 Å². The van der Waals surface area contributed by atoms with Crippen molar-refractivity contribution in [2.75, 3.05) is 18.4 Å². The van der Waals surface area contributed by atoms with E-state index in [-0.39, 0.29) is 34.8 Å². The van der Waals surface area contributed by atoms with Gasteiger partial charge in [0, 0.05) is 31.4 Å². The van der Waals surface area contributed by atoms with Crippen molar-refractivity contribution in [3.05, 3.63) is 65.8 Å². The number of sulfonamides is 1. The summed E-state index contributed by atoms with van der Waals surface area (Å²) in [5.74, 6) is -0.560. The van der Waals surface area contributed by atoms with Gasteiger partial charge in [0.15, 0.2) is 5.82 Å². The van der Waals surface area contributed by atoms with Crippen molar-refractivity contribution in [3.63, 3.8) is 0 Å². The minimum Gasteiger partial charge on any atom is -0.324 e. The first-order chi connectivity index (χ1) is 14.8. The van der Waals surface area contributed by atoms with E-state index in [4.69, 9.17) is 11.6 Å². The third-order valence-corrected chi connectivity index (χ3v) is 7.29. The van der Waals surface area contributed by atoms with E-state index in [2.05, 4.69) is 15.4 Å². The fourth-order valence-corrected chi connectivity index (χ4v) is 5.13. The van der Waals surface area contributed by atoms with Crippen molar-refractivity contribution < 1.29 is 17.6 Å². The van der Waals surface area contributed by atoms with Gasteiger partial charge < -0.3 is 5.32 Å². The Morgan fingerprint density at radius 2 is 1.97 bits per heavy atom. The number of aromatic nitrogens is 3. The molecule has 1 saturated heterocycles. The van der Waals surface area contributed by atoms with Crippen LogP contribution in [0.3, 0.4) is 0 Å². The summed E-state index contributed by atoms with van der Waals surface area (Å²) in [4.78, 5) is 16.8. The van der Waals surface area contributed by atoms with E-state index in [0.717, 1.165) is 12.1 Å². The first kappa shape index (κ1) is 21.4. The number of hydrogen-bond acceptors (Lipinski definition) is 5. The van der Waals surface area contributed by atoms with Crippen LogP contribution in [0.1, 0.15) is 12.8 Å². The maximum absolute atomic E-state index is 13.3. The van der Waals surface area contributed by atoms with Crippen LogP contribution in [0.4, 0.5) is 10.1 Å². The second-order valence-corrected chi connectivity index (χ2v) is 9.44. The monoisotopic (exact) mass is 463 g/mol. The number of amides is 1. The molecule has 1 fully saturated rings. The van der Waals surface area contributed by atoms with Gasteiger partial charge in [-0.25, -0.2) is 22.5 Å². The van der Waals surface area contributed by atoms with E-state index < -0.39 is 15.8 Å². The molecular weight excluding hydrogens is 445 g/mol. The van der Waals surface area contributed by atoms with Crippen LogP contribution in [0, 0.1) is 11.7 Å². The van der Waals surface area contributed by atoms with Gasteiger partial charge in [-0.1, -0.05) is 11.6 Å². The maximum atomic E-state index is 13.3. The molecule has 0 unspecified atom stereocenters. The average Bonchev–Trinajstić information content (AvgIpc) is 3.31. The minimum atomic E-state index is -3.80. The molecule has 4 rings (SSSR count). The Bertz CT molecular complexity index is 1180. The quantitative estimate of drug-likeness (QED) is 0.627. The summed E-state index contributed by atoms with van der Waals surface area (Å²) >= 11 is 5.72. The molecule has 1 amide bonds. The molecule has 0 spiro atoms. The van der Waals surface area contributed by atoms with Gasteiger partial charge in [-0.2, -0.15) is 9.40 Å². The van der Waals surface area contributed by atoms with Gasteiger partial charge in [-0.3, -0.25) is 4.79 Å². The third kappa shape index (κ3) is 4.60. The van der Waals surface area contributed by atoms with Crippen LogP contribution in [-0.2, 0) is 14.8 Å². The van der Waals surface area contributed by atoms with Crippen LogP contribution in [0.15, 0.2) is 59.9 Å². The molecule has 1 aliphatic rings. The number of rotatable bonds is 5. The molecule has 11 heteroatoms. The summed E-state index contributed by atoms with van der Waals surface area (Å²) in [6, 6.07) is 8.58. The second-order valence-electron chi connectivity index (χ2n) is 7.10. The lowest BCUT2D eigenvalue weighted by Gasteiger charge is -2.30. The van der Waals surface area contributed by atoms with Crippen LogP contribution in [0.2, 0.25) is 5.02 Å². The van der Waals surface area contributed by atoms with Gasteiger partial charge in [-0.15, -0.1) is 0 Å². The number of nitrogens with one attached hydrogen (secondary N) is 1. The number of carbonyl (C=O) groups excluding carboxylic acids is 1. The van der Waals surface area contributed by atoms with E-state index >= 15 is 0 Å². The number of hydrogen-bond donors (Lipinski definition) is 1. The number of anilines is 1. The molecule has 0 aliphatic carbocycles. The highest BCUT2D eigenvalue weighted by molar-refractivity contribution is 7.89. The molecule has 3 heterocycles. The van der Waals surface area contributed by atoms with Crippen molar-refractivity contribution in [3.8, 4) is 5.82 Å². The molecule has 1 N–H and O–H groups in total. The van der Waals surface area contributed by atoms with Crippen molar-refractivity contribution in [1.82, 2.24) is 19.1 Å². The number of nitrogens with zero attached hydrogens (tertiary/aromatic N) is 4. The van der Waals surface area contributed by atoms with E-state index in [9.17, 15) is 17.6 Å². The van der Waals surface area contributed by atoms with Crippen molar-refractivity contribution in [2.45, 2.75) is 17.7 Å². The molecule has 3 aromatic rings. The molecule has 1 aromatic carbocycles. The van der Waals surface area contributed by atoms with Gasteiger partial charge in [0.2, 0.25) is 15.9 Å². The number of pyridine rings is 1. The number of benzene rings is 1. The highest BCUT2D eigenvalue weighted by Crippen LogP contribution is 2.27. The standard InChI is InChI=1S/C20H19ClFN5O3S/c21-17-12-16(3-4-18(17)22)31(29,30)26-10-6-14(7-11-26)20(28)25-15-2-5-19(23-13-15)27-9-1-8-24-27/h1-5,8-9,12-14H,6-7,10-11H2,(H,25,28). The van der Waals surface area contributed by atoms with Crippen LogP contribution < -0.4 is 5.32 Å². The van der Waals surface area contributed by atoms with Crippen LogP contribution in [0.5, 0.6) is 0 Å². The zero-order chi connectivity index (χ0) is 22.0. The third-order valence-electron chi connectivity index (χ3n) is 5.11. The highest BCUT2D eigenvalue weighted by atomic mass is 35.5. The predicted molar refractivity (Wildman–Crippen MR) is 113 cm³/mol. The normalized spacial score (nSPS) is 15.7. The average molecular weight is 464 g/mol. The van der Waals surface area contributed by atoms with Gasteiger partial charge in [0.25, 0.3) is 0 Å². The van der Waals surface area contributed by atoms with Gasteiger partial charge in [0.1, 0.15) is 5.82 Å². The SMILES string of the molecule is O=C(Nc1ccc(-n2cccn2)nc1)C1CCN(S(=O)(=O)c2ccc(F)c(Cl)c2)CC1. The molecule has 2 aromatic heterocycles. The van der Waals surface area contributed by atoms with Gasteiger partial charge in [-0.05, 0) is 49.2 Å². The molecule has 8 nitrogen and oxygen atoms in total. The van der Waals surface area contributed by atoms with Crippen molar-refractivity contribution in [1.29, 1.82) is 0 Å². The number of carbonyl (C=O) groups is 1. The summed E-state index contributed by atoms with van der Waals surface area (Å²) < 4.78 is 41.8.